The van der Waals surface area contributed by atoms with E-state index in [1.165, 1.54) is 6.07 Å². The van der Waals surface area contributed by atoms with Crippen LogP contribution in [0.5, 0.6) is 0 Å². The molecule has 1 unspecified atom stereocenters. The van der Waals surface area contributed by atoms with Crippen molar-refractivity contribution in [2.45, 2.75) is 17.7 Å². The van der Waals surface area contributed by atoms with Gasteiger partial charge in [0.2, 0.25) is 0 Å². The van der Waals surface area contributed by atoms with E-state index in [0.717, 1.165) is 45.6 Å². The first-order valence-corrected chi connectivity index (χ1v) is 7.97. The molecule has 0 aromatic heterocycles. The third-order valence-corrected chi connectivity index (χ3v) is 4.25. The van der Waals surface area contributed by atoms with E-state index < -0.39 is 0 Å². The number of rotatable bonds is 7. The van der Waals surface area contributed by atoms with Gasteiger partial charge in [-0.2, -0.15) is 0 Å². The van der Waals surface area contributed by atoms with Crippen LogP contribution in [0.4, 0.5) is 11.4 Å². The summed E-state index contributed by atoms with van der Waals surface area (Å²) in [5.41, 5.74) is 0.649. The summed E-state index contributed by atoms with van der Waals surface area (Å²) in [4.78, 5) is 13.7. The van der Waals surface area contributed by atoms with Gasteiger partial charge in [0.25, 0.3) is 5.69 Å². The molecular formula is C15H23N3O3S. The minimum Gasteiger partial charge on any atom is -0.383 e. The van der Waals surface area contributed by atoms with Crippen molar-refractivity contribution in [2.24, 2.45) is 5.92 Å². The highest BCUT2D eigenvalue weighted by Gasteiger charge is 2.21. The van der Waals surface area contributed by atoms with Crippen molar-refractivity contribution < 1.29 is 9.66 Å². The van der Waals surface area contributed by atoms with E-state index in [4.69, 9.17) is 4.74 Å². The van der Waals surface area contributed by atoms with E-state index in [9.17, 15) is 10.1 Å². The quantitative estimate of drug-likeness (QED) is 0.458. The third kappa shape index (κ3) is 4.86. The van der Waals surface area contributed by atoms with Crippen molar-refractivity contribution >= 4 is 24.0 Å². The number of nitro groups is 1. The number of piperidine rings is 1. The smallest absolute Gasteiger partial charge is 0.293 e. The Kier molecular flexibility index (Phi) is 6.48. The average molecular weight is 325 g/mol. The van der Waals surface area contributed by atoms with Crippen LogP contribution >= 0.6 is 12.6 Å². The summed E-state index contributed by atoms with van der Waals surface area (Å²) in [7, 11) is 1.72. The van der Waals surface area contributed by atoms with Gasteiger partial charge in [0, 0.05) is 37.7 Å². The van der Waals surface area contributed by atoms with Gasteiger partial charge in [-0.3, -0.25) is 10.1 Å². The molecule has 1 saturated heterocycles. The van der Waals surface area contributed by atoms with Crippen molar-refractivity contribution in [3.05, 3.63) is 28.3 Å². The third-order valence-electron chi connectivity index (χ3n) is 3.97. The molecule has 1 aliphatic heterocycles. The molecule has 1 fully saturated rings. The van der Waals surface area contributed by atoms with Crippen molar-refractivity contribution in [2.75, 3.05) is 45.2 Å². The SMILES string of the molecule is COCCN1CCCC(CNc2ccc(S)cc2[N+](=O)[O-])C1. The molecule has 0 amide bonds. The lowest BCUT2D eigenvalue weighted by Crippen LogP contribution is -2.39. The Morgan fingerprint density at radius 1 is 1.55 bits per heavy atom. The molecule has 1 aromatic rings. The van der Waals surface area contributed by atoms with Gasteiger partial charge in [-0.25, -0.2) is 0 Å². The van der Waals surface area contributed by atoms with Crippen molar-refractivity contribution in [3.63, 3.8) is 0 Å². The van der Waals surface area contributed by atoms with Crippen LogP contribution in [0.2, 0.25) is 0 Å². The Morgan fingerprint density at radius 3 is 3.09 bits per heavy atom. The summed E-state index contributed by atoms with van der Waals surface area (Å²) in [5, 5.41) is 14.3. The highest BCUT2D eigenvalue weighted by molar-refractivity contribution is 7.80. The van der Waals surface area contributed by atoms with Gasteiger partial charge in [0.15, 0.2) is 0 Å². The number of hydrogen-bond acceptors (Lipinski definition) is 6. The monoisotopic (exact) mass is 325 g/mol. The summed E-state index contributed by atoms with van der Waals surface area (Å²) >= 11 is 4.16. The van der Waals surface area contributed by atoms with Crippen LogP contribution in [0.25, 0.3) is 0 Å². The second-order valence-corrected chi connectivity index (χ2v) is 6.16. The molecule has 0 aliphatic carbocycles. The Bertz CT molecular complexity index is 513. The number of hydrogen-bond donors (Lipinski definition) is 2. The van der Waals surface area contributed by atoms with Crippen molar-refractivity contribution in [1.82, 2.24) is 4.90 Å². The van der Waals surface area contributed by atoms with Crippen LogP contribution in [-0.2, 0) is 4.74 Å². The maximum atomic E-state index is 11.1. The maximum absolute atomic E-state index is 11.1. The van der Waals surface area contributed by atoms with Gasteiger partial charge in [0.1, 0.15) is 5.69 Å². The van der Waals surface area contributed by atoms with Crippen molar-refractivity contribution in [1.29, 1.82) is 0 Å². The molecule has 0 saturated carbocycles. The Morgan fingerprint density at radius 2 is 2.36 bits per heavy atom. The fourth-order valence-corrected chi connectivity index (χ4v) is 3.01. The van der Waals surface area contributed by atoms with Crippen LogP contribution in [0.15, 0.2) is 23.1 Å². The van der Waals surface area contributed by atoms with Gasteiger partial charge < -0.3 is 15.0 Å². The van der Waals surface area contributed by atoms with Crippen LogP contribution < -0.4 is 5.32 Å². The van der Waals surface area contributed by atoms with Crippen LogP contribution in [0, 0.1) is 16.0 Å². The summed E-state index contributed by atoms with van der Waals surface area (Å²) in [5.74, 6) is 0.501. The Hall–Kier alpha value is -1.31. The fraction of sp³-hybridized carbons (Fsp3) is 0.600. The van der Waals surface area contributed by atoms with E-state index in [1.807, 2.05) is 0 Å². The topological polar surface area (TPSA) is 67.6 Å². The van der Waals surface area contributed by atoms with Crippen molar-refractivity contribution in [3.8, 4) is 0 Å². The predicted octanol–water partition coefficient (Wildman–Crippen LogP) is 2.65. The Balaban J connectivity index is 1.91. The normalized spacial score (nSPS) is 19.1. The minimum atomic E-state index is -0.367. The zero-order valence-corrected chi connectivity index (χ0v) is 13.7. The lowest BCUT2D eigenvalue weighted by atomic mass is 9.98. The summed E-state index contributed by atoms with van der Waals surface area (Å²) in [6.07, 6.45) is 2.31. The highest BCUT2D eigenvalue weighted by Crippen LogP contribution is 2.27. The van der Waals surface area contributed by atoms with E-state index in [2.05, 4.69) is 22.8 Å². The first-order valence-electron chi connectivity index (χ1n) is 7.52. The number of nitrogens with one attached hydrogen (secondary N) is 1. The number of ether oxygens (including phenoxy) is 1. The van der Waals surface area contributed by atoms with Crippen LogP contribution in [-0.4, -0.2) is 49.7 Å². The maximum Gasteiger partial charge on any atom is 0.293 e. The van der Waals surface area contributed by atoms with E-state index in [0.29, 0.717) is 16.5 Å². The largest absolute Gasteiger partial charge is 0.383 e. The number of likely N-dealkylation sites (tertiary alicyclic amines) is 1. The molecule has 1 aromatic carbocycles. The molecule has 0 radical (unpaired) electrons. The minimum absolute atomic E-state index is 0.0829. The van der Waals surface area contributed by atoms with Crippen LogP contribution in [0.3, 0.4) is 0 Å². The molecular weight excluding hydrogens is 302 g/mol. The van der Waals surface area contributed by atoms with Crippen LogP contribution in [0.1, 0.15) is 12.8 Å². The molecule has 7 heteroatoms. The lowest BCUT2D eigenvalue weighted by molar-refractivity contribution is -0.384. The number of nitro benzene ring substituents is 1. The zero-order valence-electron chi connectivity index (χ0n) is 12.8. The number of anilines is 1. The lowest BCUT2D eigenvalue weighted by Gasteiger charge is -2.32. The summed E-state index contributed by atoms with van der Waals surface area (Å²) in [6, 6.07) is 4.98. The molecule has 1 atom stereocenters. The number of benzene rings is 1. The second-order valence-electron chi connectivity index (χ2n) is 5.64. The number of nitrogens with zero attached hydrogens (tertiary/aromatic N) is 2. The van der Waals surface area contributed by atoms with E-state index in [1.54, 1.807) is 19.2 Å². The molecule has 1 aliphatic rings. The molecule has 2 rings (SSSR count). The molecule has 1 N–H and O–H groups in total. The van der Waals surface area contributed by atoms with Gasteiger partial charge >= 0.3 is 0 Å². The number of thiol groups is 1. The van der Waals surface area contributed by atoms with Gasteiger partial charge in [-0.15, -0.1) is 12.6 Å². The second kappa shape index (κ2) is 8.36. The molecule has 0 spiro atoms. The first-order chi connectivity index (χ1) is 10.6. The predicted molar refractivity (Wildman–Crippen MR) is 89.9 cm³/mol. The Labute approximate surface area is 136 Å². The molecule has 1 heterocycles. The molecule has 22 heavy (non-hydrogen) atoms. The van der Waals surface area contributed by atoms with E-state index >= 15 is 0 Å². The van der Waals surface area contributed by atoms with Gasteiger partial charge in [0.05, 0.1) is 11.5 Å². The molecule has 0 bridgehead atoms. The van der Waals surface area contributed by atoms with Gasteiger partial charge in [-0.1, -0.05) is 0 Å². The number of methoxy groups -OCH3 is 1. The summed E-state index contributed by atoms with van der Waals surface area (Å²) < 4.78 is 5.12. The van der Waals surface area contributed by atoms with E-state index in [-0.39, 0.29) is 10.6 Å². The molecule has 122 valence electrons. The first kappa shape index (κ1) is 17.1. The summed E-state index contributed by atoms with van der Waals surface area (Å²) in [6.45, 7) is 4.55. The highest BCUT2D eigenvalue weighted by atomic mass is 32.1. The average Bonchev–Trinajstić information content (AvgIpc) is 2.52. The zero-order chi connectivity index (χ0) is 15.9. The standard InChI is InChI=1S/C15H23N3O3S/c1-21-8-7-17-6-2-3-12(11-17)10-16-14-5-4-13(22)9-15(14)18(19)20/h4-5,9,12,16,22H,2-3,6-8,10-11H2,1H3. The fourth-order valence-electron chi connectivity index (χ4n) is 2.82. The van der Waals surface area contributed by atoms with Gasteiger partial charge in [-0.05, 0) is 37.4 Å². The molecule has 6 nitrogen and oxygen atoms in total.